The number of aromatic hydroxyl groups is 2. The van der Waals surface area contributed by atoms with Crippen LogP contribution < -0.4 is 0 Å². The molecule has 0 saturated heterocycles. The molecule has 4 nitrogen and oxygen atoms in total. The molecule has 2 unspecified atom stereocenters. The number of hydrogen-bond donors (Lipinski definition) is 2. The molecule has 1 saturated carbocycles. The van der Waals surface area contributed by atoms with Crippen molar-refractivity contribution in [2.45, 2.75) is 140 Å². The molecule has 0 spiro atoms. The summed E-state index contributed by atoms with van der Waals surface area (Å²) in [4.78, 5) is 10.0. The molecule has 0 radical (unpaired) electrons. The molecule has 43 heavy (non-hydrogen) atoms. The van der Waals surface area contributed by atoms with Crippen LogP contribution in [0.3, 0.4) is 0 Å². The van der Waals surface area contributed by atoms with E-state index in [0.29, 0.717) is 11.5 Å². The Hall–Kier alpha value is -2.62. The molecular weight excluding hydrogens is 528 g/mol. The van der Waals surface area contributed by atoms with Crippen molar-refractivity contribution in [3.05, 3.63) is 57.6 Å². The Balaban J connectivity index is 1.92. The normalized spacial score (nSPS) is 18.8. The fourth-order valence-corrected chi connectivity index (χ4v) is 6.23. The zero-order valence-electron chi connectivity index (χ0n) is 29.4. The molecule has 2 N–H and O–H groups in total. The summed E-state index contributed by atoms with van der Waals surface area (Å²) in [6.07, 6.45) is 10.3. The van der Waals surface area contributed by atoms with Gasteiger partial charge in [0.2, 0.25) is 0 Å². The zero-order valence-corrected chi connectivity index (χ0v) is 29.4. The number of hydrogen-bond acceptors (Lipinski definition) is 4. The standard InChI is InChI=1S/C39H60N2O2/c1-36(2,3)20-26-16-28(22-38(7,8)9)34(42)30(18-26)24-40-32-14-13-15-33(32)41-25-31-19-27(21-37(4,5)6)17-29(35(31)43)23-39(10,11)12/h16-19,24-25,32-33,42-43H,13-15,20-23H2,1-12H3. The highest BCUT2D eigenvalue weighted by molar-refractivity contribution is 5.86. The topological polar surface area (TPSA) is 65.2 Å². The first-order valence-corrected chi connectivity index (χ1v) is 16.3. The van der Waals surface area contributed by atoms with Crippen LogP contribution in [0.4, 0.5) is 0 Å². The highest BCUT2D eigenvalue weighted by Crippen LogP contribution is 2.35. The van der Waals surface area contributed by atoms with E-state index in [1.165, 1.54) is 11.1 Å². The lowest BCUT2D eigenvalue weighted by Gasteiger charge is -2.23. The van der Waals surface area contributed by atoms with Gasteiger partial charge >= 0.3 is 0 Å². The summed E-state index contributed by atoms with van der Waals surface area (Å²) < 4.78 is 0. The summed E-state index contributed by atoms with van der Waals surface area (Å²) in [7, 11) is 0. The monoisotopic (exact) mass is 588 g/mol. The maximum atomic E-state index is 11.3. The Bertz CT molecular complexity index is 1210. The van der Waals surface area contributed by atoms with Gasteiger partial charge in [-0.25, -0.2) is 0 Å². The minimum absolute atomic E-state index is 0.0573. The summed E-state index contributed by atoms with van der Waals surface area (Å²) in [5.41, 5.74) is 6.51. The van der Waals surface area contributed by atoms with Crippen LogP contribution in [-0.4, -0.2) is 34.7 Å². The van der Waals surface area contributed by atoms with E-state index in [-0.39, 0.29) is 33.7 Å². The average molecular weight is 589 g/mol. The SMILES string of the molecule is CC(C)(C)Cc1cc(C=NC2CCCC2N=Cc2cc(CC(C)(C)C)cc(CC(C)(C)C)c2O)c(O)c(CC(C)(C)C)c1. The van der Waals surface area contributed by atoms with Crippen LogP contribution in [-0.2, 0) is 25.7 Å². The third kappa shape index (κ3) is 11.4. The predicted octanol–water partition coefficient (Wildman–Crippen LogP) is 9.91. The van der Waals surface area contributed by atoms with Crippen molar-refractivity contribution in [1.29, 1.82) is 0 Å². The highest BCUT2D eigenvalue weighted by Gasteiger charge is 2.27. The summed E-state index contributed by atoms with van der Waals surface area (Å²) in [6, 6.07) is 8.70. The molecule has 4 heteroatoms. The molecule has 1 aliphatic carbocycles. The summed E-state index contributed by atoms with van der Waals surface area (Å²) >= 11 is 0. The van der Waals surface area contributed by atoms with Gasteiger partial charge in [-0.3, -0.25) is 9.98 Å². The Kier molecular flexibility index (Phi) is 10.7. The van der Waals surface area contributed by atoms with Crippen molar-refractivity contribution in [1.82, 2.24) is 0 Å². The fraction of sp³-hybridized carbons (Fsp3) is 0.641. The Morgan fingerprint density at radius 3 is 1.19 bits per heavy atom. The highest BCUT2D eigenvalue weighted by atomic mass is 16.3. The van der Waals surface area contributed by atoms with Gasteiger partial charge in [0.05, 0.1) is 12.1 Å². The molecule has 2 aromatic carbocycles. The van der Waals surface area contributed by atoms with Gasteiger partial charge in [-0.05, 0) is 101 Å². The largest absolute Gasteiger partial charge is 0.507 e. The first-order valence-electron chi connectivity index (χ1n) is 16.3. The second kappa shape index (κ2) is 13.2. The first kappa shape index (κ1) is 34.9. The smallest absolute Gasteiger partial charge is 0.127 e. The van der Waals surface area contributed by atoms with Gasteiger partial charge in [-0.15, -0.1) is 0 Å². The molecule has 2 aromatic rings. The van der Waals surface area contributed by atoms with Crippen LogP contribution in [0.15, 0.2) is 34.3 Å². The third-order valence-corrected chi connectivity index (χ3v) is 7.72. The van der Waals surface area contributed by atoms with Gasteiger partial charge in [0, 0.05) is 23.6 Å². The molecule has 1 aliphatic rings. The third-order valence-electron chi connectivity index (χ3n) is 7.72. The minimum Gasteiger partial charge on any atom is -0.507 e. The van der Waals surface area contributed by atoms with E-state index in [1.54, 1.807) is 0 Å². The van der Waals surface area contributed by atoms with Gasteiger partial charge in [-0.1, -0.05) is 95.2 Å². The molecule has 0 heterocycles. The van der Waals surface area contributed by atoms with Gasteiger partial charge in [0.25, 0.3) is 0 Å². The molecule has 0 aliphatic heterocycles. The molecule has 3 rings (SSSR count). The molecule has 2 atom stereocenters. The molecule has 0 bridgehead atoms. The van der Waals surface area contributed by atoms with Crippen molar-refractivity contribution in [2.75, 3.05) is 0 Å². The van der Waals surface area contributed by atoms with Crippen molar-refractivity contribution in [3.63, 3.8) is 0 Å². The summed E-state index contributed by atoms with van der Waals surface area (Å²) in [5, 5.41) is 22.5. The number of nitrogens with zero attached hydrogens (tertiary/aromatic N) is 2. The van der Waals surface area contributed by atoms with Crippen LogP contribution in [0.5, 0.6) is 11.5 Å². The van der Waals surface area contributed by atoms with Crippen LogP contribution in [0.25, 0.3) is 0 Å². The number of phenolic OH excluding ortho intramolecular Hbond substituents is 2. The fourth-order valence-electron chi connectivity index (χ4n) is 6.23. The van der Waals surface area contributed by atoms with E-state index in [0.717, 1.165) is 67.2 Å². The second-order valence-corrected chi connectivity index (χ2v) is 18.0. The predicted molar refractivity (Wildman–Crippen MR) is 185 cm³/mol. The van der Waals surface area contributed by atoms with Crippen LogP contribution in [0.2, 0.25) is 0 Å². The maximum Gasteiger partial charge on any atom is 0.127 e. The van der Waals surface area contributed by atoms with E-state index in [4.69, 9.17) is 9.98 Å². The lowest BCUT2D eigenvalue weighted by molar-refractivity contribution is 0.391. The number of aliphatic imine (C=N–C) groups is 2. The Labute approximate surface area is 263 Å². The quantitative estimate of drug-likeness (QED) is 0.301. The summed E-state index contributed by atoms with van der Waals surface area (Å²) in [6.45, 7) is 26.8. The lowest BCUT2D eigenvalue weighted by Crippen LogP contribution is -2.16. The van der Waals surface area contributed by atoms with Crippen molar-refractivity contribution < 1.29 is 10.2 Å². The van der Waals surface area contributed by atoms with Crippen LogP contribution in [0, 0.1) is 21.7 Å². The Morgan fingerprint density at radius 2 is 0.884 bits per heavy atom. The van der Waals surface area contributed by atoms with E-state index in [9.17, 15) is 10.2 Å². The second-order valence-electron chi connectivity index (χ2n) is 18.0. The van der Waals surface area contributed by atoms with Crippen molar-refractivity contribution in [2.24, 2.45) is 31.6 Å². The van der Waals surface area contributed by atoms with Gasteiger partial charge in [-0.2, -0.15) is 0 Å². The van der Waals surface area contributed by atoms with Crippen molar-refractivity contribution in [3.8, 4) is 11.5 Å². The number of benzene rings is 2. The average Bonchev–Trinajstić information content (AvgIpc) is 3.24. The van der Waals surface area contributed by atoms with E-state index < -0.39 is 0 Å². The number of phenols is 2. The molecular formula is C39H60N2O2. The zero-order chi connectivity index (χ0) is 32.4. The molecule has 238 valence electrons. The van der Waals surface area contributed by atoms with Crippen LogP contribution >= 0.6 is 0 Å². The van der Waals surface area contributed by atoms with Gasteiger partial charge in [0.1, 0.15) is 11.5 Å². The van der Waals surface area contributed by atoms with Gasteiger partial charge < -0.3 is 10.2 Å². The van der Waals surface area contributed by atoms with Gasteiger partial charge in [0.15, 0.2) is 0 Å². The van der Waals surface area contributed by atoms with E-state index >= 15 is 0 Å². The summed E-state index contributed by atoms with van der Waals surface area (Å²) in [5.74, 6) is 0.697. The first-order chi connectivity index (χ1) is 19.6. The molecule has 1 fully saturated rings. The van der Waals surface area contributed by atoms with E-state index in [2.05, 4.69) is 107 Å². The number of rotatable bonds is 8. The van der Waals surface area contributed by atoms with Crippen LogP contribution in [0.1, 0.15) is 136 Å². The minimum atomic E-state index is 0.0573. The van der Waals surface area contributed by atoms with E-state index in [1.807, 2.05) is 12.4 Å². The molecule has 0 amide bonds. The Morgan fingerprint density at radius 1 is 0.558 bits per heavy atom. The van der Waals surface area contributed by atoms with Crippen molar-refractivity contribution >= 4 is 12.4 Å². The maximum absolute atomic E-state index is 11.3. The lowest BCUT2D eigenvalue weighted by atomic mass is 9.83. The molecule has 0 aromatic heterocycles.